The van der Waals surface area contributed by atoms with Crippen molar-refractivity contribution in [2.75, 3.05) is 19.6 Å². The maximum atomic E-state index is 11.5. The molecule has 0 atom stereocenters. The van der Waals surface area contributed by atoms with Crippen molar-refractivity contribution >= 4 is 5.78 Å². The molecule has 0 amide bonds. The van der Waals surface area contributed by atoms with Crippen LogP contribution < -0.4 is 5.43 Å². The Morgan fingerprint density at radius 1 is 1.50 bits per heavy atom. The van der Waals surface area contributed by atoms with Crippen LogP contribution in [-0.2, 0) is 0 Å². The van der Waals surface area contributed by atoms with E-state index in [0.717, 1.165) is 13.1 Å². The van der Waals surface area contributed by atoms with Gasteiger partial charge in [-0.2, -0.15) is 0 Å². The Labute approximate surface area is 83.3 Å². The van der Waals surface area contributed by atoms with Gasteiger partial charge in [0.1, 0.15) is 0 Å². The van der Waals surface area contributed by atoms with Crippen molar-refractivity contribution in [2.24, 2.45) is 0 Å². The molecule has 4 heteroatoms. The summed E-state index contributed by atoms with van der Waals surface area (Å²) in [6.07, 6.45) is 4.22. The number of H-pyrrole nitrogens is 1. The fraction of sp³-hybridized carbons (Fsp3) is 0.500. The van der Waals surface area contributed by atoms with Crippen LogP contribution in [0.15, 0.2) is 18.3 Å². The van der Waals surface area contributed by atoms with E-state index < -0.39 is 0 Å². The van der Waals surface area contributed by atoms with Crippen molar-refractivity contribution in [1.29, 1.82) is 0 Å². The van der Waals surface area contributed by atoms with E-state index in [-0.39, 0.29) is 5.78 Å². The summed E-state index contributed by atoms with van der Waals surface area (Å²) in [6, 6.07) is 3.64. The zero-order valence-electron chi connectivity index (χ0n) is 8.12. The van der Waals surface area contributed by atoms with Crippen LogP contribution in [-0.4, -0.2) is 35.4 Å². The summed E-state index contributed by atoms with van der Waals surface area (Å²) >= 11 is 0. The topological polar surface area (TPSA) is 48.1 Å². The fourth-order valence-corrected chi connectivity index (χ4v) is 1.66. The lowest BCUT2D eigenvalue weighted by Gasteiger charge is -2.14. The average molecular weight is 193 g/mol. The van der Waals surface area contributed by atoms with E-state index in [1.54, 1.807) is 12.3 Å². The minimum Gasteiger partial charge on any atom is -0.359 e. The SMILES string of the molecule is O=C(CNN1CCCC1)c1ccc[nH]1. The second-order valence-electron chi connectivity index (χ2n) is 3.54. The van der Waals surface area contributed by atoms with Crippen molar-refractivity contribution in [3.05, 3.63) is 24.0 Å². The van der Waals surface area contributed by atoms with Gasteiger partial charge in [-0.1, -0.05) is 0 Å². The molecule has 1 aliphatic heterocycles. The predicted molar refractivity (Wildman–Crippen MR) is 53.9 cm³/mol. The highest BCUT2D eigenvalue weighted by atomic mass is 16.1. The van der Waals surface area contributed by atoms with Gasteiger partial charge in [-0.25, -0.2) is 10.4 Å². The number of rotatable bonds is 4. The largest absolute Gasteiger partial charge is 0.359 e. The normalized spacial score (nSPS) is 17.4. The van der Waals surface area contributed by atoms with Gasteiger partial charge in [-0.15, -0.1) is 0 Å². The van der Waals surface area contributed by atoms with Gasteiger partial charge >= 0.3 is 0 Å². The third-order valence-corrected chi connectivity index (χ3v) is 2.47. The van der Waals surface area contributed by atoms with Gasteiger partial charge in [-0.05, 0) is 25.0 Å². The maximum Gasteiger partial charge on any atom is 0.194 e. The zero-order chi connectivity index (χ0) is 9.80. The highest BCUT2D eigenvalue weighted by Gasteiger charge is 2.13. The molecule has 1 aromatic rings. The quantitative estimate of drug-likeness (QED) is 0.695. The van der Waals surface area contributed by atoms with Crippen molar-refractivity contribution in [3.8, 4) is 0 Å². The Morgan fingerprint density at radius 3 is 2.93 bits per heavy atom. The summed E-state index contributed by atoms with van der Waals surface area (Å²) in [6.45, 7) is 2.50. The zero-order valence-corrected chi connectivity index (χ0v) is 8.12. The molecular weight excluding hydrogens is 178 g/mol. The molecule has 0 radical (unpaired) electrons. The number of hydrazine groups is 1. The predicted octanol–water partition coefficient (Wildman–Crippen LogP) is 0.798. The smallest absolute Gasteiger partial charge is 0.194 e. The highest BCUT2D eigenvalue weighted by Crippen LogP contribution is 2.03. The van der Waals surface area contributed by atoms with Crippen LogP contribution in [0.1, 0.15) is 23.3 Å². The molecule has 0 aromatic carbocycles. The van der Waals surface area contributed by atoms with E-state index in [1.165, 1.54) is 12.8 Å². The number of nitrogens with zero attached hydrogens (tertiary/aromatic N) is 1. The lowest BCUT2D eigenvalue weighted by Crippen LogP contribution is -2.38. The van der Waals surface area contributed by atoms with Gasteiger partial charge in [0, 0.05) is 19.3 Å². The lowest BCUT2D eigenvalue weighted by molar-refractivity contribution is 0.0950. The number of hydrogen-bond donors (Lipinski definition) is 2. The first kappa shape index (κ1) is 9.43. The maximum absolute atomic E-state index is 11.5. The molecule has 4 nitrogen and oxygen atoms in total. The Bertz CT molecular complexity index is 288. The molecule has 14 heavy (non-hydrogen) atoms. The number of aromatic amines is 1. The van der Waals surface area contributed by atoms with E-state index in [4.69, 9.17) is 0 Å². The third-order valence-electron chi connectivity index (χ3n) is 2.47. The molecule has 0 bridgehead atoms. The summed E-state index contributed by atoms with van der Waals surface area (Å²) in [5.74, 6) is 0.113. The third kappa shape index (κ3) is 2.21. The van der Waals surface area contributed by atoms with Gasteiger partial charge in [0.15, 0.2) is 5.78 Å². The van der Waals surface area contributed by atoms with Crippen LogP contribution in [0.2, 0.25) is 0 Å². The van der Waals surface area contributed by atoms with Gasteiger partial charge in [0.25, 0.3) is 0 Å². The van der Waals surface area contributed by atoms with Gasteiger partial charge in [0.2, 0.25) is 0 Å². The molecule has 1 aromatic heterocycles. The van der Waals surface area contributed by atoms with Crippen LogP contribution in [0.25, 0.3) is 0 Å². The van der Waals surface area contributed by atoms with Crippen LogP contribution >= 0.6 is 0 Å². The first-order valence-corrected chi connectivity index (χ1v) is 5.01. The van der Waals surface area contributed by atoms with Crippen molar-refractivity contribution in [3.63, 3.8) is 0 Å². The molecule has 0 unspecified atom stereocenters. The molecule has 0 spiro atoms. The molecule has 2 rings (SSSR count). The molecule has 1 fully saturated rings. The number of carbonyl (C=O) groups excluding carboxylic acids is 1. The average Bonchev–Trinajstić information content (AvgIpc) is 2.87. The highest BCUT2D eigenvalue weighted by molar-refractivity contribution is 5.95. The Balaban J connectivity index is 1.78. The molecule has 1 saturated heterocycles. The minimum absolute atomic E-state index is 0.113. The number of Topliss-reactive ketones (excluding diaryl/α,β-unsaturated/α-hetero) is 1. The molecule has 2 N–H and O–H groups in total. The Kier molecular flexibility index (Phi) is 2.96. The molecule has 2 heterocycles. The second-order valence-corrected chi connectivity index (χ2v) is 3.54. The summed E-state index contributed by atoms with van der Waals surface area (Å²) in [5, 5.41) is 2.11. The van der Waals surface area contributed by atoms with E-state index in [2.05, 4.69) is 15.4 Å². The second kappa shape index (κ2) is 4.39. The van der Waals surface area contributed by atoms with Gasteiger partial charge < -0.3 is 4.98 Å². The van der Waals surface area contributed by atoms with E-state index in [1.807, 2.05) is 6.07 Å². The Hall–Kier alpha value is -1.13. The first-order valence-electron chi connectivity index (χ1n) is 5.01. The number of nitrogens with one attached hydrogen (secondary N) is 2. The summed E-state index contributed by atoms with van der Waals surface area (Å²) < 4.78 is 0. The monoisotopic (exact) mass is 193 g/mol. The van der Waals surface area contributed by atoms with E-state index >= 15 is 0 Å². The molecule has 0 saturated carbocycles. The van der Waals surface area contributed by atoms with Crippen molar-refractivity contribution < 1.29 is 4.79 Å². The number of hydrogen-bond acceptors (Lipinski definition) is 3. The number of ketones is 1. The van der Waals surface area contributed by atoms with Crippen LogP contribution in [0.3, 0.4) is 0 Å². The van der Waals surface area contributed by atoms with Crippen molar-refractivity contribution in [2.45, 2.75) is 12.8 Å². The lowest BCUT2D eigenvalue weighted by atomic mass is 10.3. The molecule has 0 aliphatic carbocycles. The van der Waals surface area contributed by atoms with Crippen molar-refractivity contribution in [1.82, 2.24) is 15.4 Å². The number of aromatic nitrogens is 1. The molecule has 76 valence electrons. The number of carbonyl (C=O) groups is 1. The molecular formula is C10H15N3O. The van der Waals surface area contributed by atoms with Gasteiger partial charge in [-0.3, -0.25) is 4.79 Å². The van der Waals surface area contributed by atoms with Crippen LogP contribution in [0, 0.1) is 0 Å². The standard InChI is InChI=1S/C10H15N3O/c14-10(9-4-3-5-11-9)8-12-13-6-1-2-7-13/h3-5,11-12H,1-2,6-8H2. The first-order chi connectivity index (χ1) is 6.86. The summed E-state index contributed by atoms with van der Waals surface area (Å²) in [4.78, 5) is 14.4. The minimum atomic E-state index is 0.113. The van der Waals surface area contributed by atoms with Crippen LogP contribution in [0.5, 0.6) is 0 Å². The molecule has 1 aliphatic rings. The summed E-state index contributed by atoms with van der Waals surface area (Å²) in [5.41, 5.74) is 3.81. The van der Waals surface area contributed by atoms with Crippen LogP contribution in [0.4, 0.5) is 0 Å². The van der Waals surface area contributed by atoms with E-state index in [0.29, 0.717) is 12.2 Å². The van der Waals surface area contributed by atoms with E-state index in [9.17, 15) is 4.79 Å². The summed E-state index contributed by atoms with van der Waals surface area (Å²) in [7, 11) is 0. The Morgan fingerprint density at radius 2 is 2.29 bits per heavy atom. The fourth-order valence-electron chi connectivity index (χ4n) is 1.66. The van der Waals surface area contributed by atoms with Gasteiger partial charge in [0.05, 0.1) is 12.2 Å².